The highest BCUT2D eigenvalue weighted by atomic mass is 32.2. The maximum atomic E-state index is 13.7. The standard InChI is InChI=1S/C44H47N17O3S3/c1-2-23-65-43-52-38(48-18-17-45)37-39(53-43)60(58-55-37)25-28-13-15-29(16-14-28)32(46)26-59(47)20-22-64-21-19-49-40(62)34-24-50-42(67-34)56-54-36-35(31-11-7-4-8-12-31)57-61(41(36)63)44-51-33(27-66-44)30-9-5-3-6-10-30/h3-16,24,26-27H,2,17-23,25,45-47H2,1H3,(H,49,62)(H,50,56)(H,48,52,53)/b32-26-,54-36+. The molecular weight excluding hydrogens is 911 g/mol. The quantitative estimate of drug-likeness (QED) is 0.0175. The molecule has 2 amide bonds. The SMILES string of the molecule is CCCSc1nc(NCCN)c2nnn(Cc3ccc(/C(N)=C/N(N)CCOCCNC(=O)c4cnc(N/N=C5/C(=O)N(c6nc(-c7ccccc7)cs6)N=C5c5ccccc5)s4)cc3)c2n1. The number of benzene rings is 3. The lowest BCUT2D eigenvalue weighted by atomic mass is 10.1. The van der Waals surface area contributed by atoms with Crippen molar-refractivity contribution in [2.75, 3.05) is 60.9 Å². The number of hydrazone groups is 2. The highest BCUT2D eigenvalue weighted by Crippen LogP contribution is 2.31. The van der Waals surface area contributed by atoms with Crippen LogP contribution in [-0.2, 0) is 16.1 Å². The first kappa shape index (κ1) is 46.4. The second kappa shape index (κ2) is 22.4. The van der Waals surface area contributed by atoms with E-state index in [1.54, 1.807) is 22.6 Å². The van der Waals surface area contributed by atoms with Gasteiger partial charge in [0.05, 0.1) is 43.9 Å². The zero-order valence-corrected chi connectivity index (χ0v) is 38.7. The molecular formula is C44H47N17O3S3. The van der Waals surface area contributed by atoms with Crippen LogP contribution in [0.5, 0.6) is 0 Å². The van der Waals surface area contributed by atoms with Crippen LogP contribution < -0.4 is 38.4 Å². The van der Waals surface area contributed by atoms with Crippen molar-refractivity contribution in [3.8, 4) is 11.3 Å². The Kier molecular flexibility index (Phi) is 15.5. The molecule has 0 bridgehead atoms. The molecule has 1 aliphatic rings. The Morgan fingerprint density at radius 3 is 2.52 bits per heavy atom. The summed E-state index contributed by atoms with van der Waals surface area (Å²) in [7, 11) is 0. The van der Waals surface area contributed by atoms with E-state index in [1.165, 1.54) is 27.6 Å². The number of carbonyl (C=O) groups excluding carboxylic acids is 2. The van der Waals surface area contributed by atoms with Crippen molar-refractivity contribution >= 4 is 90.6 Å². The van der Waals surface area contributed by atoms with Crippen LogP contribution >= 0.6 is 34.4 Å². The van der Waals surface area contributed by atoms with Gasteiger partial charge >= 0.3 is 5.91 Å². The van der Waals surface area contributed by atoms with Crippen molar-refractivity contribution in [3.05, 3.63) is 124 Å². The summed E-state index contributed by atoms with van der Waals surface area (Å²) in [4.78, 5) is 45.3. The Morgan fingerprint density at radius 2 is 1.76 bits per heavy atom. The molecule has 9 N–H and O–H groups in total. The molecule has 0 spiro atoms. The fourth-order valence-corrected chi connectivity index (χ4v) is 8.61. The van der Waals surface area contributed by atoms with Crippen LogP contribution in [0.25, 0.3) is 28.1 Å². The minimum absolute atomic E-state index is 0.0805. The predicted octanol–water partition coefficient (Wildman–Crippen LogP) is 4.82. The number of fused-ring (bicyclic) bond motifs is 1. The average Bonchev–Trinajstić information content (AvgIpc) is 4.18. The zero-order chi connectivity index (χ0) is 46.5. The van der Waals surface area contributed by atoms with E-state index in [0.717, 1.165) is 45.9 Å². The van der Waals surface area contributed by atoms with Crippen LogP contribution in [0.2, 0.25) is 0 Å². The molecule has 0 saturated heterocycles. The van der Waals surface area contributed by atoms with Gasteiger partial charge in [-0.1, -0.05) is 120 Å². The molecule has 0 atom stereocenters. The normalized spacial score (nSPS) is 13.4. The molecule has 0 saturated carbocycles. The Morgan fingerprint density at radius 1 is 0.985 bits per heavy atom. The number of hydrogen-bond acceptors (Lipinski definition) is 20. The van der Waals surface area contributed by atoms with Crippen LogP contribution in [0.4, 0.5) is 16.1 Å². The number of amides is 2. The lowest BCUT2D eigenvalue weighted by Gasteiger charge is -2.15. The number of thiazole rings is 2. The van der Waals surface area contributed by atoms with Gasteiger partial charge in [-0.2, -0.15) is 15.2 Å². The third kappa shape index (κ3) is 11.6. The van der Waals surface area contributed by atoms with Gasteiger partial charge in [0.25, 0.3) is 5.91 Å². The van der Waals surface area contributed by atoms with E-state index in [0.29, 0.717) is 87.0 Å². The maximum absolute atomic E-state index is 13.7. The second-order valence-corrected chi connectivity index (χ2v) is 17.6. The molecule has 3 aromatic carbocycles. The van der Waals surface area contributed by atoms with E-state index in [1.807, 2.05) is 90.3 Å². The topological polar surface area (TPSA) is 271 Å². The van der Waals surface area contributed by atoms with Gasteiger partial charge in [0.15, 0.2) is 27.8 Å². The van der Waals surface area contributed by atoms with Crippen LogP contribution in [0.1, 0.15) is 39.7 Å². The molecule has 0 unspecified atom stereocenters. The molecule has 5 heterocycles. The third-order valence-corrected chi connectivity index (χ3v) is 12.5. The van der Waals surface area contributed by atoms with Gasteiger partial charge in [0.2, 0.25) is 10.3 Å². The third-order valence-electron chi connectivity index (χ3n) is 9.77. The lowest BCUT2D eigenvalue weighted by Crippen LogP contribution is -2.31. The van der Waals surface area contributed by atoms with Crippen LogP contribution in [-0.4, -0.2) is 108 Å². The monoisotopic (exact) mass is 957 g/mol. The first-order chi connectivity index (χ1) is 32.8. The summed E-state index contributed by atoms with van der Waals surface area (Å²) < 4.78 is 7.47. The number of nitrogens with zero attached hydrogens (tertiary/aromatic N) is 11. The minimum atomic E-state index is -0.453. The Balaban J connectivity index is 0.785. The van der Waals surface area contributed by atoms with Crippen LogP contribution in [0.15, 0.2) is 118 Å². The number of carbonyl (C=O) groups is 2. The molecule has 1 aliphatic heterocycles. The van der Waals surface area contributed by atoms with E-state index < -0.39 is 5.91 Å². The minimum Gasteiger partial charge on any atom is -0.397 e. The van der Waals surface area contributed by atoms with Crippen LogP contribution in [0.3, 0.4) is 0 Å². The van der Waals surface area contributed by atoms with Crippen molar-refractivity contribution in [2.24, 2.45) is 27.5 Å². The first-order valence-electron chi connectivity index (χ1n) is 21.2. The van der Waals surface area contributed by atoms with Gasteiger partial charge in [-0.25, -0.2) is 30.5 Å². The molecule has 20 nitrogen and oxygen atoms in total. The molecule has 23 heteroatoms. The van der Waals surface area contributed by atoms with E-state index in [-0.39, 0.29) is 24.8 Å². The van der Waals surface area contributed by atoms with Crippen molar-refractivity contribution in [2.45, 2.75) is 25.0 Å². The van der Waals surface area contributed by atoms with Gasteiger partial charge in [0.1, 0.15) is 10.6 Å². The summed E-state index contributed by atoms with van der Waals surface area (Å²) in [5, 5.41) is 29.8. The Labute approximate surface area is 397 Å². The average molecular weight is 958 g/mol. The van der Waals surface area contributed by atoms with E-state index in [2.05, 4.69) is 58.4 Å². The first-order valence-corrected chi connectivity index (χ1v) is 23.9. The smallest absolute Gasteiger partial charge is 0.303 e. The van der Waals surface area contributed by atoms with Gasteiger partial charge < -0.3 is 31.8 Å². The van der Waals surface area contributed by atoms with Gasteiger partial charge in [-0.05, 0) is 17.5 Å². The summed E-state index contributed by atoms with van der Waals surface area (Å²) in [6.07, 6.45) is 4.08. The highest BCUT2D eigenvalue weighted by Gasteiger charge is 2.36. The molecule has 4 aromatic heterocycles. The number of nitrogens with two attached hydrogens (primary N) is 3. The fraction of sp³-hybridized carbons (Fsp3) is 0.227. The van der Waals surface area contributed by atoms with Crippen molar-refractivity contribution in [3.63, 3.8) is 0 Å². The van der Waals surface area contributed by atoms with E-state index >= 15 is 0 Å². The highest BCUT2D eigenvalue weighted by molar-refractivity contribution is 7.99. The second-order valence-electron chi connectivity index (χ2n) is 14.6. The molecule has 7 aromatic rings. The summed E-state index contributed by atoms with van der Waals surface area (Å²) >= 11 is 3.98. The largest absolute Gasteiger partial charge is 0.397 e. The van der Waals surface area contributed by atoms with Crippen molar-refractivity contribution in [1.82, 2.24) is 45.3 Å². The number of rotatable bonds is 22. The fourth-order valence-electron chi connectivity index (χ4n) is 6.46. The number of hydrogen-bond donors (Lipinski definition) is 6. The number of hydrazine groups is 1. The predicted molar refractivity (Wildman–Crippen MR) is 265 cm³/mol. The number of thioether (sulfide) groups is 1. The molecule has 0 aliphatic carbocycles. The summed E-state index contributed by atoms with van der Waals surface area (Å²) in [6.45, 7) is 4.74. The number of ether oxygens (including phenoxy) is 1. The van der Waals surface area contributed by atoms with Crippen LogP contribution in [0, 0.1) is 0 Å². The molecule has 67 heavy (non-hydrogen) atoms. The zero-order valence-electron chi connectivity index (χ0n) is 36.3. The number of anilines is 3. The van der Waals surface area contributed by atoms with E-state index in [9.17, 15) is 9.59 Å². The summed E-state index contributed by atoms with van der Waals surface area (Å²) in [5.74, 6) is 6.94. The van der Waals surface area contributed by atoms with Crippen molar-refractivity contribution in [1.29, 1.82) is 0 Å². The maximum Gasteiger partial charge on any atom is 0.303 e. The molecule has 0 fully saturated rings. The number of aromatic nitrogens is 7. The molecule has 344 valence electrons. The molecule has 8 rings (SSSR count). The summed E-state index contributed by atoms with van der Waals surface area (Å²) in [5.41, 5.74) is 21.3. The lowest BCUT2D eigenvalue weighted by molar-refractivity contribution is -0.112. The Hall–Kier alpha value is -7.15. The van der Waals surface area contributed by atoms with Gasteiger partial charge in [0, 0.05) is 48.1 Å². The van der Waals surface area contributed by atoms with Crippen molar-refractivity contribution < 1.29 is 14.3 Å². The van der Waals surface area contributed by atoms with E-state index in [4.69, 9.17) is 27.0 Å². The van der Waals surface area contributed by atoms with Gasteiger partial charge in [-0.3, -0.25) is 15.0 Å². The molecule has 0 radical (unpaired) electrons. The Bertz CT molecular complexity index is 2880. The summed E-state index contributed by atoms with van der Waals surface area (Å²) in [6, 6.07) is 26.8. The number of nitrogens with one attached hydrogen (secondary N) is 3. The van der Waals surface area contributed by atoms with Gasteiger partial charge in [-0.15, -0.1) is 16.4 Å².